The van der Waals surface area contributed by atoms with Crippen molar-refractivity contribution in [2.45, 2.75) is 26.4 Å². The molecule has 0 bridgehead atoms. The molecule has 146 valence electrons. The lowest BCUT2D eigenvalue weighted by atomic mass is 10.1. The molecule has 1 aromatic carbocycles. The molecule has 0 aliphatic heterocycles. The molecular weight excluding hydrogens is 340 g/mol. The number of benzene rings is 1. The van der Waals surface area contributed by atoms with Gasteiger partial charge in [-0.1, -0.05) is 0 Å². The summed E-state index contributed by atoms with van der Waals surface area (Å²) in [6.45, 7) is 4.86. The van der Waals surface area contributed by atoms with Gasteiger partial charge >= 0.3 is 0 Å². The summed E-state index contributed by atoms with van der Waals surface area (Å²) < 4.78 is 21.0. The molecule has 0 aliphatic rings. The van der Waals surface area contributed by atoms with Gasteiger partial charge in [-0.25, -0.2) is 0 Å². The number of ether oxygens (including phenoxy) is 4. The van der Waals surface area contributed by atoms with Crippen LogP contribution in [-0.4, -0.2) is 58.9 Å². The highest BCUT2D eigenvalue weighted by Gasteiger charge is 2.17. The Morgan fingerprint density at radius 3 is 2.12 bits per heavy atom. The highest BCUT2D eigenvalue weighted by atomic mass is 16.5. The molecule has 0 fully saturated rings. The van der Waals surface area contributed by atoms with Crippen LogP contribution >= 0.6 is 0 Å². The lowest BCUT2D eigenvalue weighted by Gasteiger charge is -2.14. The molecule has 0 heterocycles. The van der Waals surface area contributed by atoms with Gasteiger partial charge in [-0.2, -0.15) is 0 Å². The molecule has 0 saturated carbocycles. The zero-order valence-electron chi connectivity index (χ0n) is 16.0. The minimum atomic E-state index is -0.414. The Morgan fingerprint density at radius 2 is 1.62 bits per heavy atom. The maximum absolute atomic E-state index is 12.3. The van der Waals surface area contributed by atoms with Gasteiger partial charge in [0.05, 0.1) is 34.0 Å². The number of carbonyl (C=O) groups is 2. The summed E-state index contributed by atoms with van der Waals surface area (Å²) in [5.74, 6) is 0.448. The first-order chi connectivity index (χ1) is 12.4. The fraction of sp³-hybridized carbons (Fsp3) is 0.556. The maximum Gasteiger partial charge on any atom is 0.251 e. The molecule has 1 aromatic rings. The van der Waals surface area contributed by atoms with Gasteiger partial charge in [-0.15, -0.1) is 0 Å². The molecule has 0 radical (unpaired) electrons. The summed E-state index contributed by atoms with van der Waals surface area (Å²) >= 11 is 0. The third-order valence-electron chi connectivity index (χ3n) is 3.43. The van der Waals surface area contributed by atoms with Gasteiger partial charge in [0.15, 0.2) is 11.5 Å². The summed E-state index contributed by atoms with van der Waals surface area (Å²) in [6, 6.07) is 3.05. The Labute approximate surface area is 154 Å². The predicted octanol–water partition coefficient (Wildman–Crippen LogP) is 1.37. The number of methoxy groups -OCH3 is 3. The molecule has 2 amide bonds. The van der Waals surface area contributed by atoms with Gasteiger partial charge in [0, 0.05) is 18.7 Å². The van der Waals surface area contributed by atoms with E-state index < -0.39 is 5.91 Å². The van der Waals surface area contributed by atoms with Crippen molar-refractivity contribution in [3.05, 3.63) is 17.7 Å². The summed E-state index contributed by atoms with van der Waals surface area (Å²) in [5.41, 5.74) is 0.303. The molecule has 0 atom stereocenters. The van der Waals surface area contributed by atoms with Crippen LogP contribution in [0.25, 0.3) is 0 Å². The van der Waals surface area contributed by atoms with Gasteiger partial charge in [0.25, 0.3) is 5.91 Å². The van der Waals surface area contributed by atoms with Gasteiger partial charge in [-0.05, 0) is 32.4 Å². The van der Waals surface area contributed by atoms with E-state index in [9.17, 15) is 9.59 Å². The Hall–Kier alpha value is -2.48. The van der Waals surface area contributed by atoms with Gasteiger partial charge < -0.3 is 29.6 Å². The van der Waals surface area contributed by atoms with Crippen molar-refractivity contribution in [1.82, 2.24) is 10.6 Å². The first-order valence-corrected chi connectivity index (χ1v) is 8.39. The van der Waals surface area contributed by atoms with Crippen LogP contribution in [0, 0.1) is 0 Å². The Kier molecular flexibility index (Phi) is 9.29. The SMILES string of the molecule is COc1cc(C(=O)NCC(=O)NCCCOC(C)C)cc(OC)c1OC. The van der Waals surface area contributed by atoms with E-state index in [4.69, 9.17) is 18.9 Å². The summed E-state index contributed by atoms with van der Waals surface area (Å²) in [7, 11) is 4.42. The fourth-order valence-corrected chi connectivity index (χ4v) is 2.16. The minimum absolute atomic E-state index is 0.124. The van der Waals surface area contributed by atoms with E-state index in [0.29, 0.717) is 42.4 Å². The number of rotatable bonds is 11. The highest BCUT2D eigenvalue weighted by Crippen LogP contribution is 2.38. The van der Waals surface area contributed by atoms with Crippen molar-refractivity contribution in [3.8, 4) is 17.2 Å². The maximum atomic E-state index is 12.3. The van der Waals surface area contributed by atoms with E-state index in [1.807, 2.05) is 13.8 Å². The minimum Gasteiger partial charge on any atom is -0.493 e. The smallest absolute Gasteiger partial charge is 0.251 e. The van der Waals surface area contributed by atoms with Crippen LogP contribution in [0.5, 0.6) is 17.2 Å². The zero-order valence-corrected chi connectivity index (χ0v) is 16.0. The average Bonchev–Trinajstić information content (AvgIpc) is 2.64. The van der Waals surface area contributed by atoms with Crippen molar-refractivity contribution in [3.63, 3.8) is 0 Å². The van der Waals surface area contributed by atoms with E-state index in [1.54, 1.807) is 0 Å². The lowest BCUT2D eigenvalue weighted by Crippen LogP contribution is -2.37. The quantitative estimate of drug-likeness (QED) is 0.573. The van der Waals surface area contributed by atoms with Crippen LogP contribution in [0.15, 0.2) is 12.1 Å². The van der Waals surface area contributed by atoms with Crippen LogP contribution in [0.1, 0.15) is 30.6 Å². The van der Waals surface area contributed by atoms with Gasteiger partial charge in [0.1, 0.15) is 0 Å². The zero-order chi connectivity index (χ0) is 19.5. The Balaban J connectivity index is 2.53. The monoisotopic (exact) mass is 368 g/mol. The van der Waals surface area contributed by atoms with E-state index >= 15 is 0 Å². The van der Waals surface area contributed by atoms with Crippen LogP contribution in [-0.2, 0) is 9.53 Å². The lowest BCUT2D eigenvalue weighted by molar-refractivity contribution is -0.120. The normalized spacial score (nSPS) is 10.4. The number of carbonyl (C=O) groups excluding carboxylic acids is 2. The van der Waals surface area contributed by atoms with E-state index in [2.05, 4.69) is 10.6 Å². The van der Waals surface area contributed by atoms with Crippen LogP contribution in [0.2, 0.25) is 0 Å². The summed E-state index contributed by atoms with van der Waals surface area (Å²) in [6.07, 6.45) is 0.883. The fourth-order valence-electron chi connectivity index (χ4n) is 2.16. The number of hydrogen-bond donors (Lipinski definition) is 2. The van der Waals surface area contributed by atoms with Crippen molar-refractivity contribution < 1.29 is 28.5 Å². The topological polar surface area (TPSA) is 95.1 Å². The molecule has 2 N–H and O–H groups in total. The van der Waals surface area contributed by atoms with Crippen LogP contribution < -0.4 is 24.8 Å². The first-order valence-electron chi connectivity index (χ1n) is 8.39. The van der Waals surface area contributed by atoms with Crippen LogP contribution in [0.4, 0.5) is 0 Å². The van der Waals surface area contributed by atoms with Crippen LogP contribution in [0.3, 0.4) is 0 Å². The molecule has 8 nitrogen and oxygen atoms in total. The average molecular weight is 368 g/mol. The van der Waals surface area contributed by atoms with E-state index in [1.165, 1.54) is 33.5 Å². The molecule has 0 aliphatic carbocycles. The van der Waals surface area contributed by atoms with Crippen molar-refractivity contribution in [2.75, 3.05) is 41.0 Å². The predicted molar refractivity (Wildman–Crippen MR) is 97.1 cm³/mol. The molecular formula is C18H28N2O6. The third kappa shape index (κ3) is 6.79. The number of amides is 2. The highest BCUT2D eigenvalue weighted by molar-refractivity contribution is 5.97. The van der Waals surface area contributed by atoms with Crippen molar-refractivity contribution >= 4 is 11.8 Å². The van der Waals surface area contributed by atoms with E-state index in [-0.39, 0.29) is 18.6 Å². The molecule has 0 unspecified atom stereocenters. The molecule has 1 rings (SSSR count). The second-order valence-electron chi connectivity index (χ2n) is 5.72. The number of hydrogen-bond acceptors (Lipinski definition) is 6. The molecule has 0 saturated heterocycles. The molecule has 0 spiro atoms. The molecule has 0 aromatic heterocycles. The van der Waals surface area contributed by atoms with Gasteiger partial charge in [0.2, 0.25) is 11.7 Å². The standard InChI is InChI=1S/C18H28N2O6/c1-12(2)26-8-6-7-19-16(21)11-20-18(22)13-9-14(23-3)17(25-5)15(10-13)24-4/h9-10,12H,6-8,11H2,1-5H3,(H,19,21)(H,20,22). The Morgan fingerprint density at radius 1 is 1.00 bits per heavy atom. The third-order valence-corrected chi connectivity index (χ3v) is 3.43. The second kappa shape index (κ2) is 11.2. The van der Waals surface area contributed by atoms with Gasteiger partial charge in [-0.3, -0.25) is 9.59 Å². The largest absolute Gasteiger partial charge is 0.493 e. The molecule has 8 heteroatoms. The summed E-state index contributed by atoms with van der Waals surface area (Å²) in [5, 5.41) is 5.29. The second-order valence-corrected chi connectivity index (χ2v) is 5.72. The number of nitrogens with one attached hydrogen (secondary N) is 2. The molecule has 26 heavy (non-hydrogen) atoms. The van der Waals surface area contributed by atoms with Crippen molar-refractivity contribution in [2.24, 2.45) is 0 Å². The first kappa shape index (κ1) is 21.6. The summed E-state index contributed by atoms with van der Waals surface area (Å²) in [4.78, 5) is 24.1. The van der Waals surface area contributed by atoms with Crippen molar-refractivity contribution in [1.29, 1.82) is 0 Å². The Bertz CT molecular complexity index is 578. The van der Waals surface area contributed by atoms with E-state index in [0.717, 1.165) is 0 Å².